The summed E-state index contributed by atoms with van der Waals surface area (Å²) < 4.78 is 37.6. The molecule has 0 radical (unpaired) electrons. The third-order valence-corrected chi connectivity index (χ3v) is 5.93. The Balaban J connectivity index is 1.65. The van der Waals surface area contributed by atoms with Crippen LogP contribution in [0.2, 0.25) is 0 Å². The highest BCUT2D eigenvalue weighted by Gasteiger charge is 2.40. The van der Waals surface area contributed by atoms with Crippen LogP contribution < -0.4 is 4.72 Å². The second-order valence-electron chi connectivity index (χ2n) is 5.93. The number of likely N-dealkylation sites (tertiary alicyclic amines) is 1. The molecule has 0 aliphatic carbocycles. The number of sulfonamides is 1. The van der Waals surface area contributed by atoms with Gasteiger partial charge in [0.15, 0.2) is 5.79 Å². The van der Waals surface area contributed by atoms with Crippen molar-refractivity contribution in [2.24, 2.45) is 0 Å². The molecule has 0 unspecified atom stereocenters. The molecule has 0 atom stereocenters. The number of hydrogen-bond donors (Lipinski definition) is 1. The van der Waals surface area contributed by atoms with Crippen LogP contribution in [0.15, 0.2) is 29.2 Å². The summed E-state index contributed by atoms with van der Waals surface area (Å²) in [6.45, 7) is 4.39. The third-order valence-electron chi connectivity index (χ3n) is 4.37. The van der Waals surface area contributed by atoms with E-state index in [9.17, 15) is 13.2 Å². The van der Waals surface area contributed by atoms with Crippen LogP contribution in [0, 0.1) is 0 Å². The van der Waals surface area contributed by atoms with Gasteiger partial charge >= 0.3 is 0 Å². The van der Waals surface area contributed by atoms with E-state index in [1.807, 2.05) is 0 Å². The Bertz CT molecular complexity index is 686. The van der Waals surface area contributed by atoms with Crippen LogP contribution in [0.5, 0.6) is 0 Å². The molecule has 1 amide bonds. The van der Waals surface area contributed by atoms with Crippen LogP contribution in [0.25, 0.3) is 0 Å². The standard InChI is InChI=1S/C16H22N2O5S/c1-2-17-24(20,21)14-5-3-13(4-6-14)15(19)18-9-7-16(8-10-18)22-11-12-23-16/h3-6,17H,2,7-12H2,1H3. The van der Waals surface area contributed by atoms with Gasteiger partial charge in [0.1, 0.15) is 0 Å². The summed E-state index contributed by atoms with van der Waals surface area (Å²) in [7, 11) is -3.50. The van der Waals surface area contributed by atoms with Crippen LogP contribution in [0.4, 0.5) is 0 Å². The second kappa shape index (κ2) is 6.79. The first-order valence-corrected chi connectivity index (χ1v) is 9.61. The lowest BCUT2D eigenvalue weighted by molar-refractivity contribution is -0.181. The number of nitrogens with one attached hydrogen (secondary N) is 1. The van der Waals surface area contributed by atoms with E-state index < -0.39 is 15.8 Å². The average molecular weight is 354 g/mol. The Morgan fingerprint density at radius 1 is 1.17 bits per heavy atom. The van der Waals surface area contributed by atoms with Gasteiger partial charge in [-0.15, -0.1) is 0 Å². The molecular formula is C16H22N2O5S. The number of ether oxygens (including phenoxy) is 2. The van der Waals surface area contributed by atoms with Crippen molar-refractivity contribution in [3.8, 4) is 0 Å². The van der Waals surface area contributed by atoms with E-state index in [1.165, 1.54) is 12.1 Å². The average Bonchev–Trinajstić information content (AvgIpc) is 3.03. The van der Waals surface area contributed by atoms with Crippen molar-refractivity contribution in [3.63, 3.8) is 0 Å². The maximum atomic E-state index is 12.6. The van der Waals surface area contributed by atoms with Crippen LogP contribution in [0.1, 0.15) is 30.1 Å². The van der Waals surface area contributed by atoms with Crippen LogP contribution in [-0.4, -0.2) is 57.9 Å². The monoisotopic (exact) mass is 354 g/mol. The van der Waals surface area contributed by atoms with Crippen molar-refractivity contribution >= 4 is 15.9 Å². The highest BCUT2D eigenvalue weighted by Crippen LogP contribution is 2.31. The molecule has 2 fully saturated rings. The Kier molecular flexibility index (Phi) is 4.91. The summed E-state index contributed by atoms with van der Waals surface area (Å²) >= 11 is 0. The SMILES string of the molecule is CCNS(=O)(=O)c1ccc(C(=O)N2CCC3(CC2)OCCO3)cc1. The number of benzene rings is 1. The molecule has 24 heavy (non-hydrogen) atoms. The molecule has 3 rings (SSSR count). The van der Waals surface area contributed by atoms with Gasteiger partial charge in [-0.2, -0.15) is 0 Å². The molecule has 0 aromatic heterocycles. The molecule has 132 valence electrons. The number of piperidine rings is 1. The zero-order chi connectivity index (χ0) is 17.2. The van der Waals surface area contributed by atoms with E-state index in [2.05, 4.69) is 4.72 Å². The fourth-order valence-electron chi connectivity index (χ4n) is 3.07. The highest BCUT2D eigenvalue weighted by atomic mass is 32.2. The van der Waals surface area contributed by atoms with Crippen LogP contribution >= 0.6 is 0 Å². The largest absolute Gasteiger partial charge is 0.347 e. The third kappa shape index (κ3) is 3.46. The van der Waals surface area contributed by atoms with Gasteiger partial charge in [-0.25, -0.2) is 13.1 Å². The summed E-state index contributed by atoms with van der Waals surface area (Å²) in [4.78, 5) is 14.5. The summed E-state index contributed by atoms with van der Waals surface area (Å²) in [5, 5.41) is 0. The highest BCUT2D eigenvalue weighted by molar-refractivity contribution is 7.89. The van der Waals surface area contributed by atoms with Crippen LogP contribution in [-0.2, 0) is 19.5 Å². The number of nitrogens with zero attached hydrogens (tertiary/aromatic N) is 1. The first-order valence-electron chi connectivity index (χ1n) is 8.13. The van der Waals surface area contributed by atoms with Crippen molar-refractivity contribution in [2.45, 2.75) is 30.4 Å². The van der Waals surface area contributed by atoms with Gasteiger partial charge in [-0.3, -0.25) is 4.79 Å². The summed E-state index contributed by atoms with van der Waals surface area (Å²) in [6.07, 6.45) is 1.32. The molecular weight excluding hydrogens is 332 g/mol. The molecule has 8 heteroatoms. The number of amides is 1. The zero-order valence-electron chi connectivity index (χ0n) is 13.7. The summed E-state index contributed by atoms with van der Waals surface area (Å²) in [5.74, 6) is -0.615. The molecule has 2 aliphatic rings. The van der Waals surface area contributed by atoms with Gasteiger partial charge in [-0.1, -0.05) is 6.92 Å². The fraction of sp³-hybridized carbons (Fsp3) is 0.562. The first kappa shape index (κ1) is 17.3. The van der Waals surface area contributed by atoms with E-state index in [0.717, 1.165) is 0 Å². The second-order valence-corrected chi connectivity index (χ2v) is 7.69. The fourth-order valence-corrected chi connectivity index (χ4v) is 4.11. The van der Waals surface area contributed by atoms with Crippen molar-refractivity contribution in [1.82, 2.24) is 9.62 Å². The topological polar surface area (TPSA) is 84.9 Å². The molecule has 2 aliphatic heterocycles. The van der Waals surface area contributed by atoms with E-state index in [4.69, 9.17) is 9.47 Å². The van der Waals surface area contributed by atoms with Gasteiger partial charge in [0.25, 0.3) is 5.91 Å². The first-order chi connectivity index (χ1) is 11.5. The summed E-state index contributed by atoms with van der Waals surface area (Å²) in [6, 6.07) is 6.03. The lowest BCUT2D eigenvalue weighted by Gasteiger charge is -2.37. The quantitative estimate of drug-likeness (QED) is 0.871. The van der Waals surface area contributed by atoms with Gasteiger partial charge in [0, 0.05) is 38.0 Å². The molecule has 1 spiro atoms. The Morgan fingerprint density at radius 3 is 2.29 bits per heavy atom. The van der Waals surface area contributed by atoms with Gasteiger partial charge in [0.05, 0.1) is 18.1 Å². The number of carbonyl (C=O) groups is 1. The maximum absolute atomic E-state index is 12.6. The Labute approximate surface area is 142 Å². The van der Waals surface area contributed by atoms with E-state index >= 15 is 0 Å². The molecule has 0 bridgehead atoms. The lowest BCUT2D eigenvalue weighted by atomic mass is 10.0. The molecule has 7 nitrogen and oxygen atoms in total. The van der Waals surface area contributed by atoms with Gasteiger partial charge in [0.2, 0.25) is 10.0 Å². The molecule has 2 heterocycles. The van der Waals surface area contributed by atoms with E-state index in [0.29, 0.717) is 51.3 Å². The number of rotatable bonds is 4. The smallest absolute Gasteiger partial charge is 0.253 e. The molecule has 0 saturated carbocycles. The molecule has 1 aromatic carbocycles. The minimum atomic E-state index is -3.50. The Hall–Kier alpha value is -1.48. The molecule has 2 saturated heterocycles. The molecule has 1 aromatic rings. The van der Waals surface area contributed by atoms with E-state index in [1.54, 1.807) is 24.0 Å². The summed E-state index contributed by atoms with van der Waals surface area (Å²) in [5.41, 5.74) is 0.481. The van der Waals surface area contributed by atoms with E-state index in [-0.39, 0.29) is 10.8 Å². The minimum Gasteiger partial charge on any atom is -0.347 e. The van der Waals surface area contributed by atoms with Gasteiger partial charge in [-0.05, 0) is 24.3 Å². The number of carbonyl (C=O) groups excluding carboxylic acids is 1. The number of hydrogen-bond acceptors (Lipinski definition) is 5. The Morgan fingerprint density at radius 2 is 1.75 bits per heavy atom. The lowest BCUT2D eigenvalue weighted by Crippen LogP contribution is -2.47. The van der Waals surface area contributed by atoms with Crippen molar-refractivity contribution in [2.75, 3.05) is 32.8 Å². The van der Waals surface area contributed by atoms with Crippen molar-refractivity contribution in [3.05, 3.63) is 29.8 Å². The predicted molar refractivity (Wildman–Crippen MR) is 87.1 cm³/mol. The normalized spacial score (nSPS) is 20.5. The van der Waals surface area contributed by atoms with Crippen LogP contribution in [0.3, 0.4) is 0 Å². The zero-order valence-corrected chi connectivity index (χ0v) is 14.5. The van der Waals surface area contributed by atoms with Crippen molar-refractivity contribution < 1.29 is 22.7 Å². The minimum absolute atomic E-state index is 0.102. The maximum Gasteiger partial charge on any atom is 0.253 e. The molecule has 1 N–H and O–H groups in total. The van der Waals surface area contributed by atoms with Crippen molar-refractivity contribution in [1.29, 1.82) is 0 Å². The van der Waals surface area contributed by atoms with Gasteiger partial charge < -0.3 is 14.4 Å². The predicted octanol–water partition coefficient (Wildman–Crippen LogP) is 0.964.